The third-order valence-corrected chi connectivity index (χ3v) is 5.04. The zero-order valence-electron chi connectivity index (χ0n) is 17.1. The molecule has 6 nitrogen and oxygen atoms in total. The van der Waals surface area contributed by atoms with Crippen LogP contribution in [-0.4, -0.2) is 29.4 Å². The minimum Gasteiger partial charge on any atom is -0.357 e. The molecule has 1 aromatic heterocycles. The lowest BCUT2D eigenvalue weighted by molar-refractivity contribution is -0.140. The lowest BCUT2D eigenvalue weighted by Crippen LogP contribution is -2.36. The van der Waals surface area contributed by atoms with Gasteiger partial charge in [-0.1, -0.05) is 19.1 Å². The van der Waals surface area contributed by atoms with Gasteiger partial charge >= 0.3 is 6.18 Å². The van der Waals surface area contributed by atoms with Crippen molar-refractivity contribution in [2.75, 3.05) is 6.54 Å². The molecule has 2 rings (SSSR count). The van der Waals surface area contributed by atoms with Gasteiger partial charge in [0.2, 0.25) is 0 Å². The van der Waals surface area contributed by atoms with E-state index in [1.54, 1.807) is 18.2 Å². The number of aromatic nitrogens is 1. The van der Waals surface area contributed by atoms with Gasteiger partial charge in [-0.2, -0.15) is 13.2 Å². The molecule has 30 heavy (non-hydrogen) atoms. The second-order valence-electron chi connectivity index (χ2n) is 6.66. The first-order valence-corrected chi connectivity index (χ1v) is 10.5. The Hall–Kier alpha value is -2.62. The summed E-state index contributed by atoms with van der Waals surface area (Å²) in [5.41, 5.74) is 0.514. The maximum atomic E-state index is 12.7. The van der Waals surface area contributed by atoms with Crippen molar-refractivity contribution in [3.63, 3.8) is 0 Å². The summed E-state index contributed by atoms with van der Waals surface area (Å²) in [5.74, 6) is 0.320. The molecule has 0 bridgehead atoms. The predicted molar refractivity (Wildman–Crippen MR) is 112 cm³/mol. The van der Waals surface area contributed by atoms with E-state index in [2.05, 4.69) is 25.9 Å². The lowest BCUT2D eigenvalue weighted by atomic mass is 10.1. The van der Waals surface area contributed by atoms with Crippen molar-refractivity contribution in [2.24, 2.45) is 4.99 Å². The topological polar surface area (TPSA) is 78.4 Å². The number of hydrogen-bond acceptors (Lipinski definition) is 4. The summed E-state index contributed by atoms with van der Waals surface area (Å²) in [6.45, 7) is 6.87. The molecule has 0 aliphatic heterocycles. The molecule has 0 radical (unpaired) electrons. The van der Waals surface area contributed by atoms with E-state index < -0.39 is 11.9 Å². The van der Waals surface area contributed by atoms with Crippen molar-refractivity contribution in [2.45, 2.75) is 52.5 Å². The molecule has 1 amide bonds. The largest absolute Gasteiger partial charge is 0.434 e. The smallest absolute Gasteiger partial charge is 0.357 e. The number of aliphatic imine (C=N–C) groups is 1. The number of halogens is 3. The van der Waals surface area contributed by atoms with Crippen molar-refractivity contribution < 1.29 is 18.0 Å². The van der Waals surface area contributed by atoms with Gasteiger partial charge in [0.1, 0.15) is 5.01 Å². The van der Waals surface area contributed by atoms with Crippen LogP contribution in [0.1, 0.15) is 53.8 Å². The number of rotatable bonds is 8. The number of thiazole rings is 1. The minimum absolute atomic E-state index is 0.0902. The molecule has 1 aromatic carbocycles. The summed E-state index contributed by atoms with van der Waals surface area (Å²) in [7, 11) is 0. The lowest BCUT2D eigenvalue weighted by Gasteiger charge is -2.12. The molecular formula is C20H26F3N5OS. The van der Waals surface area contributed by atoms with E-state index in [0.29, 0.717) is 29.6 Å². The quantitative estimate of drug-likeness (QED) is 0.428. The highest BCUT2D eigenvalue weighted by molar-refractivity contribution is 7.09. The molecule has 1 unspecified atom stereocenters. The van der Waals surface area contributed by atoms with E-state index in [1.807, 2.05) is 26.8 Å². The molecule has 0 saturated heterocycles. The Morgan fingerprint density at radius 2 is 2.03 bits per heavy atom. The normalized spacial score (nSPS) is 13.1. The van der Waals surface area contributed by atoms with Crippen LogP contribution in [0.25, 0.3) is 0 Å². The Labute approximate surface area is 178 Å². The Bertz CT molecular complexity index is 866. The van der Waals surface area contributed by atoms with Crippen LogP contribution in [0.5, 0.6) is 0 Å². The number of hydrogen-bond donors (Lipinski definition) is 3. The molecular weight excluding hydrogens is 415 g/mol. The number of amides is 1. The van der Waals surface area contributed by atoms with Gasteiger partial charge in [-0.05, 0) is 38.0 Å². The van der Waals surface area contributed by atoms with Crippen LogP contribution in [0.2, 0.25) is 0 Å². The van der Waals surface area contributed by atoms with Gasteiger partial charge in [0.25, 0.3) is 5.91 Å². The number of carbonyl (C=O) groups excluding carboxylic acids is 1. The van der Waals surface area contributed by atoms with Crippen LogP contribution in [0.3, 0.4) is 0 Å². The molecule has 3 N–H and O–H groups in total. The second-order valence-corrected chi connectivity index (χ2v) is 7.60. The average Bonchev–Trinajstić information content (AvgIpc) is 3.20. The van der Waals surface area contributed by atoms with Gasteiger partial charge in [0.05, 0.1) is 13.1 Å². The van der Waals surface area contributed by atoms with E-state index >= 15 is 0 Å². The number of nitrogens with zero attached hydrogens (tertiary/aromatic N) is 2. The first-order chi connectivity index (χ1) is 14.2. The molecule has 1 heterocycles. The molecule has 0 fully saturated rings. The molecule has 2 aromatic rings. The van der Waals surface area contributed by atoms with E-state index in [9.17, 15) is 18.0 Å². The predicted octanol–water partition coefficient (Wildman–Crippen LogP) is 3.95. The third kappa shape index (κ3) is 7.33. The summed E-state index contributed by atoms with van der Waals surface area (Å²) in [6, 6.07) is 7.28. The Morgan fingerprint density at radius 1 is 1.27 bits per heavy atom. The molecule has 0 aliphatic carbocycles. The second kappa shape index (κ2) is 11.0. The molecule has 10 heteroatoms. The number of alkyl halides is 3. The van der Waals surface area contributed by atoms with Crippen LogP contribution >= 0.6 is 11.3 Å². The average molecular weight is 442 g/mol. The zero-order chi connectivity index (χ0) is 22.1. The summed E-state index contributed by atoms with van der Waals surface area (Å²) >= 11 is 0.942. The first kappa shape index (κ1) is 23.7. The highest BCUT2D eigenvalue weighted by atomic mass is 32.1. The van der Waals surface area contributed by atoms with Crippen molar-refractivity contribution >= 4 is 23.2 Å². The van der Waals surface area contributed by atoms with Crippen molar-refractivity contribution in [3.8, 4) is 0 Å². The molecule has 0 aliphatic rings. The van der Waals surface area contributed by atoms with Gasteiger partial charge in [0, 0.05) is 23.5 Å². The number of nitrogens with one attached hydrogen (secondary N) is 3. The third-order valence-electron chi connectivity index (χ3n) is 4.19. The van der Waals surface area contributed by atoms with Gasteiger partial charge in [-0.3, -0.25) is 4.79 Å². The fourth-order valence-corrected chi connectivity index (χ4v) is 3.15. The summed E-state index contributed by atoms with van der Waals surface area (Å²) < 4.78 is 38.0. The van der Waals surface area contributed by atoms with Crippen molar-refractivity contribution in [1.82, 2.24) is 20.9 Å². The van der Waals surface area contributed by atoms with Crippen LogP contribution in [-0.2, 0) is 19.3 Å². The minimum atomic E-state index is -4.44. The molecule has 164 valence electrons. The number of carbonyl (C=O) groups is 1. The molecule has 0 saturated carbocycles. The number of guanidine groups is 1. The summed E-state index contributed by atoms with van der Waals surface area (Å²) in [6.07, 6.45) is -3.60. The fourth-order valence-electron chi connectivity index (χ4n) is 2.41. The first-order valence-electron chi connectivity index (χ1n) is 9.66. The zero-order valence-corrected chi connectivity index (χ0v) is 18.0. The molecule has 1 atom stereocenters. The van der Waals surface area contributed by atoms with Crippen LogP contribution in [0.15, 0.2) is 34.6 Å². The van der Waals surface area contributed by atoms with Crippen LogP contribution in [0.4, 0.5) is 13.2 Å². The maximum Gasteiger partial charge on any atom is 0.434 e. The van der Waals surface area contributed by atoms with E-state index in [4.69, 9.17) is 0 Å². The van der Waals surface area contributed by atoms with Crippen molar-refractivity contribution in [3.05, 3.63) is 51.5 Å². The highest BCUT2D eigenvalue weighted by Crippen LogP contribution is 2.29. The highest BCUT2D eigenvalue weighted by Gasteiger charge is 2.33. The maximum absolute atomic E-state index is 12.7. The number of benzene rings is 1. The summed E-state index contributed by atoms with van der Waals surface area (Å²) in [4.78, 5) is 20.3. The Kier molecular flexibility index (Phi) is 8.64. The van der Waals surface area contributed by atoms with E-state index in [1.165, 1.54) is 0 Å². The SMILES string of the molecule is CCNC(=NCc1cccc(C(=O)NC(C)CC)c1)NCc1nc(C(F)(F)F)cs1. The standard InChI is InChI=1S/C20H26F3N5OS/c1-4-13(3)27-18(29)15-8-6-7-14(9-15)10-25-19(24-5-2)26-11-17-28-16(12-30-17)20(21,22)23/h6-9,12-13H,4-5,10-11H2,1-3H3,(H,27,29)(H2,24,25,26). The summed E-state index contributed by atoms with van der Waals surface area (Å²) in [5, 5.41) is 10.3. The fraction of sp³-hybridized carbons (Fsp3) is 0.450. The molecule has 0 spiro atoms. The van der Waals surface area contributed by atoms with Crippen LogP contribution in [0, 0.1) is 0 Å². The van der Waals surface area contributed by atoms with E-state index in [0.717, 1.165) is 28.7 Å². The van der Waals surface area contributed by atoms with Crippen molar-refractivity contribution in [1.29, 1.82) is 0 Å². The Balaban J connectivity index is 2.01. The van der Waals surface area contributed by atoms with E-state index in [-0.39, 0.29) is 18.5 Å². The Morgan fingerprint density at radius 3 is 2.67 bits per heavy atom. The monoisotopic (exact) mass is 441 g/mol. The van der Waals surface area contributed by atoms with Gasteiger partial charge < -0.3 is 16.0 Å². The van der Waals surface area contributed by atoms with Crippen LogP contribution < -0.4 is 16.0 Å². The van der Waals surface area contributed by atoms with Gasteiger partial charge in [0.15, 0.2) is 11.7 Å². The van der Waals surface area contributed by atoms with Gasteiger partial charge in [-0.25, -0.2) is 9.98 Å². The van der Waals surface area contributed by atoms with Gasteiger partial charge in [-0.15, -0.1) is 11.3 Å².